The minimum atomic E-state index is -0.312. The fourth-order valence-electron chi connectivity index (χ4n) is 1.45. The number of esters is 1. The van der Waals surface area contributed by atoms with Crippen LogP contribution in [0.4, 0.5) is 0 Å². The molecule has 0 aliphatic carbocycles. The molecule has 5 nitrogen and oxygen atoms in total. The van der Waals surface area contributed by atoms with Gasteiger partial charge in [0.15, 0.2) is 0 Å². The Morgan fingerprint density at radius 1 is 1.22 bits per heavy atom. The van der Waals surface area contributed by atoms with E-state index in [4.69, 9.17) is 0 Å². The van der Waals surface area contributed by atoms with E-state index in [1.54, 1.807) is 4.90 Å². The number of methoxy groups -OCH3 is 1. The molecule has 0 aliphatic rings. The summed E-state index contributed by atoms with van der Waals surface area (Å²) in [6.45, 7) is 9.21. The fraction of sp³-hybridized carbons (Fsp3) is 0.846. The normalized spacial score (nSPS) is 12.6. The second-order valence-corrected chi connectivity index (χ2v) is 4.89. The molecule has 0 aromatic carbocycles. The molecule has 0 aromatic heterocycles. The number of amides is 1. The Labute approximate surface area is 110 Å². The van der Waals surface area contributed by atoms with Gasteiger partial charge in [-0.15, -0.1) is 0 Å². The summed E-state index contributed by atoms with van der Waals surface area (Å²) in [5, 5.41) is 2.93. The fourth-order valence-corrected chi connectivity index (χ4v) is 1.45. The summed E-state index contributed by atoms with van der Waals surface area (Å²) in [6.07, 6.45) is 0.893. The molecule has 1 N–H and O–H groups in total. The van der Waals surface area contributed by atoms with Crippen LogP contribution in [0.25, 0.3) is 0 Å². The number of hydrogen-bond acceptors (Lipinski definition) is 4. The summed E-state index contributed by atoms with van der Waals surface area (Å²) in [6, 6.07) is 0.138. The van der Waals surface area contributed by atoms with E-state index in [-0.39, 0.29) is 31.0 Å². The molecule has 0 aromatic rings. The van der Waals surface area contributed by atoms with Crippen molar-refractivity contribution in [1.82, 2.24) is 10.2 Å². The van der Waals surface area contributed by atoms with Crippen molar-refractivity contribution >= 4 is 11.9 Å². The van der Waals surface area contributed by atoms with Gasteiger partial charge in [-0.05, 0) is 25.8 Å². The Kier molecular flexibility index (Phi) is 8.37. The summed E-state index contributed by atoms with van der Waals surface area (Å²) in [7, 11) is 1.35. The van der Waals surface area contributed by atoms with E-state index in [1.165, 1.54) is 7.11 Å². The van der Waals surface area contributed by atoms with Gasteiger partial charge < -0.3 is 10.1 Å². The molecule has 0 heterocycles. The molecular weight excluding hydrogens is 232 g/mol. The Morgan fingerprint density at radius 3 is 2.28 bits per heavy atom. The van der Waals surface area contributed by atoms with Crippen LogP contribution in [-0.4, -0.2) is 49.6 Å². The van der Waals surface area contributed by atoms with E-state index in [9.17, 15) is 9.59 Å². The van der Waals surface area contributed by atoms with E-state index in [2.05, 4.69) is 23.9 Å². The molecule has 0 aliphatic heterocycles. The molecule has 1 atom stereocenters. The first-order valence-corrected chi connectivity index (χ1v) is 6.49. The van der Waals surface area contributed by atoms with Crippen molar-refractivity contribution in [3.63, 3.8) is 0 Å². The number of nitrogens with one attached hydrogen (secondary N) is 1. The van der Waals surface area contributed by atoms with Gasteiger partial charge in [-0.25, -0.2) is 0 Å². The minimum Gasteiger partial charge on any atom is -0.468 e. The molecular formula is C13H26N2O3. The molecule has 0 saturated heterocycles. The van der Waals surface area contributed by atoms with Crippen LogP contribution in [0.15, 0.2) is 0 Å². The zero-order chi connectivity index (χ0) is 14.1. The second-order valence-electron chi connectivity index (χ2n) is 4.89. The van der Waals surface area contributed by atoms with E-state index in [0.29, 0.717) is 12.5 Å². The SMILES string of the molecule is CCCN(CC(=O)NC(C)C(C)C)CC(=O)OC. The molecule has 0 radical (unpaired) electrons. The van der Waals surface area contributed by atoms with Crippen molar-refractivity contribution in [3.8, 4) is 0 Å². The molecule has 0 rings (SSSR count). The first-order valence-electron chi connectivity index (χ1n) is 6.49. The number of carbonyl (C=O) groups is 2. The van der Waals surface area contributed by atoms with Crippen molar-refractivity contribution in [2.24, 2.45) is 5.92 Å². The monoisotopic (exact) mass is 258 g/mol. The highest BCUT2D eigenvalue weighted by molar-refractivity contribution is 5.79. The molecule has 0 spiro atoms. The van der Waals surface area contributed by atoms with Crippen LogP contribution in [0.1, 0.15) is 34.1 Å². The van der Waals surface area contributed by atoms with Crippen LogP contribution in [0.2, 0.25) is 0 Å². The maximum absolute atomic E-state index is 11.8. The third-order valence-corrected chi connectivity index (χ3v) is 2.88. The third-order valence-electron chi connectivity index (χ3n) is 2.88. The lowest BCUT2D eigenvalue weighted by atomic mass is 10.1. The van der Waals surface area contributed by atoms with Gasteiger partial charge in [-0.2, -0.15) is 0 Å². The Morgan fingerprint density at radius 2 is 1.83 bits per heavy atom. The standard InChI is InChI=1S/C13H26N2O3/c1-6-7-15(9-13(17)18-5)8-12(16)14-11(4)10(2)3/h10-11H,6-9H2,1-5H3,(H,14,16). The first kappa shape index (κ1) is 16.9. The summed E-state index contributed by atoms with van der Waals surface area (Å²) in [5.41, 5.74) is 0. The molecule has 5 heteroatoms. The highest BCUT2D eigenvalue weighted by atomic mass is 16.5. The zero-order valence-electron chi connectivity index (χ0n) is 12.2. The maximum Gasteiger partial charge on any atom is 0.319 e. The van der Waals surface area contributed by atoms with Gasteiger partial charge in [-0.1, -0.05) is 20.8 Å². The van der Waals surface area contributed by atoms with Gasteiger partial charge >= 0.3 is 5.97 Å². The van der Waals surface area contributed by atoms with Crippen LogP contribution in [-0.2, 0) is 14.3 Å². The van der Waals surface area contributed by atoms with Gasteiger partial charge in [0.25, 0.3) is 0 Å². The van der Waals surface area contributed by atoms with Gasteiger partial charge in [0.05, 0.1) is 20.2 Å². The lowest BCUT2D eigenvalue weighted by Gasteiger charge is -2.22. The Bertz CT molecular complexity index is 267. The van der Waals surface area contributed by atoms with Crippen molar-refractivity contribution in [1.29, 1.82) is 0 Å². The average molecular weight is 258 g/mol. The minimum absolute atomic E-state index is 0.0476. The number of ether oxygens (including phenoxy) is 1. The zero-order valence-corrected chi connectivity index (χ0v) is 12.2. The molecule has 18 heavy (non-hydrogen) atoms. The maximum atomic E-state index is 11.8. The summed E-state index contributed by atoms with van der Waals surface area (Å²) in [4.78, 5) is 24.8. The molecule has 0 bridgehead atoms. The van der Waals surface area contributed by atoms with Crippen LogP contribution in [0.3, 0.4) is 0 Å². The van der Waals surface area contributed by atoms with Gasteiger partial charge in [0.1, 0.15) is 0 Å². The summed E-state index contributed by atoms with van der Waals surface area (Å²) < 4.78 is 4.62. The van der Waals surface area contributed by atoms with Crippen LogP contribution >= 0.6 is 0 Å². The summed E-state index contributed by atoms with van der Waals surface area (Å²) >= 11 is 0. The largest absolute Gasteiger partial charge is 0.468 e. The van der Waals surface area contributed by atoms with Crippen LogP contribution < -0.4 is 5.32 Å². The molecule has 106 valence electrons. The number of hydrogen-bond donors (Lipinski definition) is 1. The third kappa shape index (κ3) is 7.27. The van der Waals surface area contributed by atoms with Crippen LogP contribution in [0.5, 0.6) is 0 Å². The van der Waals surface area contributed by atoms with Gasteiger partial charge in [-0.3, -0.25) is 14.5 Å². The van der Waals surface area contributed by atoms with Crippen molar-refractivity contribution in [2.75, 3.05) is 26.7 Å². The quantitative estimate of drug-likeness (QED) is 0.661. The topological polar surface area (TPSA) is 58.6 Å². The van der Waals surface area contributed by atoms with Gasteiger partial charge in [0.2, 0.25) is 5.91 Å². The summed E-state index contributed by atoms with van der Waals surface area (Å²) in [5.74, 6) is 0.0379. The highest BCUT2D eigenvalue weighted by Crippen LogP contribution is 2.00. The van der Waals surface area contributed by atoms with Crippen molar-refractivity contribution in [2.45, 2.75) is 40.2 Å². The highest BCUT2D eigenvalue weighted by Gasteiger charge is 2.16. The van der Waals surface area contributed by atoms with E-state index in [0.717, 1.165) is 6.42 Å². The van der Waals surface area contributed by atoms with Crippen LogP contribution in [0, 0.1) is 5.92 Å². The lowest BCUT2D eigenvalue weighted by Crippen LogP contribution is -2.44. The molecule has 1 unspecified atom stereocenters. The number of carbonyl (C=O) groups excluding carboxylic acids is 2. The predicted octanol–water partition coefficient (Wildman–Crippen LogP) is 1.03. The molecule has 1 amide bonds. The Hall–Kier alpha value is -1.10. The smallest absolute Gasteiger partial charge is 0.319 e. The molecule has 0 fully saturated rings. The Balaban J connectivity index is 4.22. The second kappa shape index (κ2) is 8.91. The van der Waals surface area contributed by atoms with Crippen molar-refractivity contribution < 1.29 is 14.3 Å². The van der Waals surface area contributed by atoms with E-state index >= 15 is 0 Å². The van der Waals surface area contributed by atoms with E-state index in [1.807, 2.05) is 13.8 Å². The number of nitrogens with zero attached hydrogens (tertiary/aromatic N) is 1. The molecule has 0 saturated carbocycles. The van der Waals surface area contributed by atoms with E-state index < -0.39 is 0 Å². The predicted molar refractivity (Wildman–Crippen MR) is 71.2 cm³/mol. The number of rotatable bonds is 8. The average Bonchev–Trinajstić information content (AvgIpc) is 2.28. The first-order chi connectivity index (χ1) is 8.40. The lowest BCUT2D eigenvalue weighted by molar-refractivity contribution is -0.142. The van der Waals surface area contributed by atoms with Crippen molar-refractivity contribution in [3.05, 3.63) is 0 Å². The van der Waals surface area contributed by atoms with Gasteiger partial charge in [0, 0.05) is 6.04 Å².